The number of para-hydroxylation sites is 1. The molecule has 0 aliphatic heterocycles. The van der Waals surface area contributed by atoms with E-state index in [1.54, 1.807) is 24.4 Å². The van der Waals surface area contributed by atoms with Crippen LogP contribution in [0.4, 0.5) is 10.1 Å². The Balaban J connectivity index is 2.32. The number of carbonyl (C=O) groups excluding carboxylic acids is 1. The van der Waals surface area contributed by atoms with Gasteiger partial charge in [0.2, 0.25) is 5.91 Å². The lowest BCUT2D eigenvalue weighted by Gasteiger charge is -2.17. The fraction of sp³-hybridized carbons (Fsp3) is 0.0769. The smallest absolute Gasteiger partial charge is 0.244 e. The van der Waals surface area contributed by atoms with E-state index < -0.39 is 17.8 Å². The van der Waals surface area contributed by atoms with Crippen LogP contribution in [0.15, 0.2) is 47.2 Å². The summed E-state index contributed by atoms with van der Waals surface area (Å²) in [6.07, 6.45) is 3.10. The van der Waals surface area contributed by atoms with E-state index in [9.17, 15) is 9.18 Å². The maximum atomic E-state index is 13.6. The second-order valence-electron chi connectivity index (χ2n) is 3.90. The summed E-state index contributed by atoms with van der Waals surface area (Å²) >= 11 is 3.26. The number of rotatable bonds is 4. The van der Waals surface area contributed by atoms with Gasteiger partial charge in [0, 0.05) is 22.4 Å². The summed E-state index contributed by atoms with van der Waals surface area (Å²) in [5.74, 6) is -1.06. The minimum Gasteiger partial charge on any atom is -0.368 e. The van der Waals surface area contributed by atoms with Crippen molar-refractivity contribution in [3.63, 3.8) is 0 Å². The van der Waals surface area contributed by atoms with Gasteiger partial charge in [-0.1, -0.05) is 12.1 Å². The zero-order valence-corrected chi connectivity index (χ0v) is 11.4. The molecule has 19 heavy (non-hydrogen) atoms. The molecular weight excluding hydrogens is 313 g/mol. The number of aromatic nitrogens is 1. The first-order valence-electron chi connectivity index (χ1n) is 5.49. The van der Waals surface area contributed by atoms with Gasteiger partial charge in [-0.25, -0.2) is 4.39 Å². The predicted octanol–water partition coefficient (Wildman–Crippen LogP) is 2.62. The van der Waals surface area contributed by atoms with Gasteiger partial charge in [0.1, 0.15) is 11.9 Å². The number of carbonyl (C=O) groups is 1. The number of hydrogen-bond acceptors (Lipinski definition) is 3. The number of pyridine rings is 1. The second-order valence-corrected chi connectivity index (χ2v) is 4.81. The van der Waals surface area contributed by atoms with Gasteiger partial charge in [0.25, 0.3) is 0 Å². The summed E-state index contributed by atoms with van der Waals surface area (Å²) in [5.41, 5.74) is 6.12. The standard InChI is InChI=1S/C13H11BrFN3O/c14-9-5-8(6-17-7-9)12(13(16)19)18-11-4-2-1-3-10(11)15/h1-7,12,18H,(H2,16,19). The van der Waals surface area contributed by atoms with Crippen LogP contribution in [0.5, 0.6) is 0 Å². The summed E-state index contributed by atoms with van der Waals surface area (Å²) in [4.78, 5) is 15.5. The molecule has 0 saturated carbocycles. The lowest BCUT2D eigenvalue weighted by atomic mass is 10.1. The molecule has 0 saturated heterocycles. The van der Waals surface area contributed by atoms with Crippen LogP contribution in [0, 0.1) is 5.82 Å². The van der Waals surface area contributed by atoms with Gasteiger partial charge in [0.05, 0.1) is 5.69 Å². The molecule has 6 heteroatoms. The highest BCUT2D eigenvalue weighted by molar-refractivity contribution is 9.10. The number of amides is 1. The largest absolute Gasteiger partial charge is 0.368 e. The molecule has 0 aliphatic rings. The Bertz CT molecular complexity index is 606. The normalized spacial score (nSPS) is 11.9. The number of primary amides is 1. The molecule has 0 spiro atoms. The van der Waals surface area contributed by atoms with Crippen LogP contribution in [-0.4, -0.2) is 10.9 Å². The molecule has 1 unspecified atom stereocenters. The van der Waals surface area contributed by atoms with Crippen LogP contribution in [0.3, 0.4) is 0 Å². The van der Waals surface area contributed by atoms with E-state index in [2.05, 4.69) is 26.2 Å². The van der Waals surface area contributed by atoms with Gasteiger partial charge in [0.15, 0.2) is 0 Å². The van der Waals surface area contributed by atoms with Gasteiger partial charge in [-0.2, -0.15) is 0 Å². The summed E-state index contributed by atoms with van der Waals surface area (Å²) in [5, 5.41) is 2.78. The maximum absolute atomic E-state index is 13.6. The van der Waals surface area contributed by atoms with E-state index in [-0.39, 0.29) is 5.69 Å². The fourth-order valence-electron chi connectivity index (χ4n) is 1.64. The van der Waals surface area contributed by atoms with Crippen LogP contribution in [0.25, 0.3) is 0 Å². The van der Waals surface area contributed by atoms with Crippen LogP contribution < -0.4 is 11.1 Å². The first kappa shape index (κ1) is 13.5. The van der Waals surface area contributed by atoms with E-state index in [0.717, 1.165) is 0 Å². The van der Waals surface area contributed by atoms with Gasteiger partial charge >= 0.3 is 0 Å². The molecule has 3 N–H and O–H groups in total. The van der Waals surface area contributed by atoms with Gasteiger partial charge in [-0.15, -0.1) is 0 Å². The van der Waals surface area contributed by atoms with Crippen LogP contribution in [0.2, 0.25) is 0 Å². The topological polar surface area (TPSA) is 68.0 Å². The number of anilines is 1. The highest BCUT2D eigenvalue weighted by Crippen LogP contribution is 2.23. The minimum atomic E-state index is -0.845. The van der Waals surface area contributed by atoms with Crippen molar-refractivity contribution in [1.82, 2.24) is 4.98 Å². The van der Waals surface area contributed by atoms with E-state index in [0.29, 0.717) is 10.0 Å². The Morgan fingerprint density at radius 3 is 2.74 bits per heavy atom. The van der Waals surface area contributed by atoms with Crippen LogP contribution in [-0.2, 0) is 4.79 Å². The Kier molecular flexibility index (Phi) is 4.11. The third-order valence-corrected chi connectivity index (χ3v) is 2.95. The number of nitrogens with one attached hydrogen (secondary N) is 1. The molecule has 0 fully saturated rings. The molecule has 0 radical (unpaired) electrons. The molecule has 2 rings (SSSR count). The molecule has 1 amide bonds. The van der Waals surface area contributed by atoms with Crippen LogP contribution in [0.1, 0.15) is 11.6 Å². The van der Waals surface area contributed by atoms with Crippen molar-refractivity contribution in [2.75, 3.05) is 5.32 Å². The highest BCUT2D eigenvalue weighted by Gasteiger charge is 2.19. The van der Waals surface area contributed by atoms with Crippen molar-refractivity contribution >= 4 is 27.5 Å². The molecule has 4 nitrogen and oxygen atoms in total. The average molecular weight is 324 g/mol. The second kappa shape index (κ2) is 5.79. The molecule has 98 valence electrons. The highest BCUT2D eigenvalue weighted by atomic mass is 79.9. The number of hydrogen-bond donors (Lipinski definition) is 2. The molecule has 1 atom stereocenters. The fourth-order valence-corrected chi connectivity index (χ4v) is 2.02. The third kappa shape index (κ3) is 3.29. The summed E-state index contributed by atoms with van der Waals surface area (Å²) < 4.78 is 14.3. The van der Waals surface area contributed by atoms with Crippen molar-refractivity contribution in [3.8, 4) is 0 Å². The predicted molar refractivity (Wildman–Crippen MR) is 73.9 cm³/mol. The van der Waals surface area contributed by atoms with E-state index >= 15 is 0 Å². The molecule has 2 aromatic rings. The van der Waals surface area contributed by atoms with Crippen molar-refractivity contribution in [2.24, 2.45) is 5.73 Å². The maximum Gasteiger partial charge on any atom is 0.244 e. The Morgan fingerprint density at radius 2 is 2.11 bits per heavy atom. The Labute approximate surface area is 118 Å². The number of halogens is 2. The lowest BCUT2D eigenvalue weighted by Crippen LogP contribution is -2.28. The lowest BCUT2D eigenvalue weighted by molar-refractivity contribution is -0.118. The van der Waals surface area contributed by atoms with Crippen molar-refractivity contribution in [3.05, 3.63) is 58.6 Å². The average Bonchev–Trinajstić information content (AvgIpc) is 2.37. The van der Waals surface area contributed by atoms with E-state index in [1.165, 1.54) is 18.3 Å². The number of nitrogens with zero attached hydrogens (tertiary/aromatic N) is 1. The molecule has 1 heterocycles. The summed E-state index contributed by atoms with van der Waals surface area (Å²) in [6, 6.07) is 6.94. The zero-order chi connectivity index (χ0) is 13.8. The molecule has 1 aromatic carbocycles. The number of benzene rings is 1. The van der Waals surface area contributed by atoms with Gasteiger partial charge in [-0.05, 0) is 34.1 Å². The SMILES string of the molecule is NC(=O)C(Nc1ccccc1F)c1cncc(Br)c1. The Hall–Kier alpha value is -1.95. The number of nitrogens with two attached hydrogens (primary N) is 1. The first-order chi connectivity index (χ1) is 9.08. The first-order valence-corrected chi connectivity index (χ1v) is 6.28. The van der Waals surface area contributed by atoms with Crippen LogP contribution >= 0.6 is 15.9 Å². The molecule has 1 aromatic heterocycles. The quantitative estimate of drug-likeness (QED) is 0.908. The summed E-state index contributed by atoms with van der Waals surface area (Å²) in [6.45, 7) is 0. The minimum absolute atomic E-state index is 0.214. The van der Waals surface area contributed by atoms with Crippen molar-refractivity contribution in [2.45, 2.75) is 6.04 Å². The van der Waals surface area contributed by atoms with E-state index in [4.69, 9.17) is 5.73 Å². The van der Waals surface area contributed by atoms with E-state index in [1.807, 2.05) is 0 Å². The van der Waals surface area contributed by atoms with Gasteiger partial charge in [-0.3, -0.25) is 9.78 Å². The monoisotopic (exact) mass is 323 g/mol. The summed E-state index contributed by atoms with van der Waals surface area (Å²) in [7, 11) is 0. The van der Waals surface area contributed by atoms with Crippen molar-refractivity contribution < 1.29 is 9.18 Å². The zero-order valence-electron chi connectivity index (χ0n) is 9.81. The molecule has 0 aliphatic carbocycles. The van der Waals surface area contributed by atoms with Crippen molar-refractivity contribution in [1.29, 1.82) is 0 Å². The Morgan fingerprint density at radius 1 is 1.37 bits per heavy atom. The molecule has 0 bridgehead atoms. The molecular formula is C13H11BrFN3O. The van der Waals surface area contributed by atoms with Gasteiger partial charge < -0.3 is 11.1 Å². The third-order valence-electron chi connectivity index (χ3n) is 2.52.